The van der Waals surface area contributed by atoms with Gasteiger partial charge in [-0.05, 0) is 34.4 Å². The molecule has 0 aliphatic rings. The maximum absolute atomic E-state index is 4.70. The molecule has 0 spiro atoms. The van der Waals surface area contributed by atoms with Gasteiger partial charge in [-0.1, -0.05) is 34.1 Å². The number of nitrogens with zero attached hydrogens (tertiary/aromatic N) is 2. The second-order valence-electron chi connectivity index (χ2n) is 5.49. The molecule has 1 rings (SSSR count). The van der Waals surface area contributed by atoms with Crippen molar-refractivity contribution in [1.29, 1.82) is 0 Å². The molecule has 0 bridgehead atoms. The third-order valence-electron chi connectivity index (χ3n) is 2.38. The predicted molar refractivity (Wildman–Crippen MR) is 81.4 cm³/mol. The lowest BCUT2D eigenvalue weighted by molar-refractivity contribution is 0.400. The molecule has 0 saturated heterocycles. The summed E-state index contributed by atoms with van der Waals surface area (Å²) in [4.78, 5) is 9.29. The molecule has 0 aliphatic heterocycles. The van der Waals surface area contributed by atoms with Gasteiger partial charge in [-0.3, -0.25) is 0 Å². The Balaban J connectivity index is 3.11. The Morgan fingerprint density at radius 3 is 2.35 bits per heavy atom. The van der Waals surface area contributed by atoms with Crippen LogP contribution in [0.3, 0.4) is 0 Å². The van der Waals surface area contributed by atoms with Crippen molar-refractivity contribution in [3.63, 3.8) is 0 Å². The average Bonchev–Trinajstić information content (AvgIpc) is 2.20. The highest BCUT2D eigenvalue weighted by Crippen LogP contribution is 2.24. The fourth-order valence-electron chi connectivity index (χ4n) is 1.67. The van der Waals surface area contributed by atoms with Crippen LogP contribution in [-0.4, -0.2) is 17.0 Å². The summed E-state index contributed by atoms with van der Waals surface area (Å²) in [5.74, 6) is 1.91. The van der Waals surface area contributed by atoms with Crippen LogP contribution in [0.15, 0.2) is 0 Å². The maximum atomic E-state index is 4.70. The van der Waals surface area contributed by atoms with Gasteiger partial charge in [0.1, 0.15) is 11.6 Å². The van der Waals surface area contributed by atoms with Crippen LogP contribution in [0.5, 0.6) is 0 Å². The van der Waals surface area contributed by atoms with Gasteiger partial charge in [0, 0.05) is 13.5 Å². The van der Waals surface area contributed by atoms with Gasteiger partial charge in [-0.2, -0.15) is 0 Å². The third-order valence-corrected chi connectivity index (χ3v) is 3.51. The molecule has 0 saturated carbocycles. The topological polar surface area (TPSA) is 37.8 Å². The first-order valence-electron chi connectivity index (χ1n) is 6.10. The number of nitrogens with one attached hydrogen (secondary N) is 1. The second kappa shape index (κ2) is 5.98. The molecule has 1 heterocycles. The number of hydrogen-bond acceptors (Lipinski definition) is 3. The summed E-state index contributed by atoms with van der Waals surface area (Å²) >= 11 is 2.33. The smallest absolute Gasteiger partial charge is 0.143 e. The molecule has 0 atom stereocenters. The summed E-state index contributed by atoms with van der Waals surface area (Å²) < 4.78 is 1.16. The minimum atomic E-state index is 0.223. The highest BCUT2D eigenvalue weighted by molar-refractivity contribution is 14.1. The quantitative estimate of drug-likeness (QED) is 0.845. The van der Waals surface area contributed by atoms with Crippen LogP contribution < -0.4 is 5.32 Å². The molecular formula is C13H22IN3. The van der Waals surface area contributed by atoms with E-state index < -0.39 is 0 Å². The molecule has 0 fully saturated rings. The lowest BCUT2D eigenvalue weighted by Crippen LogP contribution is -2.15. The first-order chi connectivity index (χ1) is 7.87. The molecule has 0 unspecified atom stereocenters. The second-order valence-corrected chi connectivity index (χ2v) is 6.57. The van der Waals surface area contributed by atoms with E-state index in [1.54, 1.807) is 0 Å². The highest BCUT2D eigenvalue weighted by atomic mass is 127. The van der Waals surface area contributed by atoms with E-state index in [0.717, 1.165) is 34.5 Å². The highest BCUT2D eigenvalue weighted by Gasteiger charge is 2.16. The van der Waals surface area contributed by atoms with E-state index in [9.17, 15) is 0 Å². The Bertz CT molecular complexity index is 383. The number of anilines is 1. The molecule has 1 aromatic heterocycles. The lowest BCUT2D eigenvalue weighted by Gasteiger charge is -2.18. The van der Waals surface area contributed by atoms with Crippen molar-refractivity contribution in [3.8, 4) is 0 Å². The Labute approximate surface area is 118 Å². The van der Waals surface area contributed by atoms with Crippen LogP contribution in [0.2, 0.25) is 0 Å². The van der Waals surface area contributed by atoms with E-state index in [0.29, 0.717) is 0 Å². The Morgan fingerprint density at radius 1 is 1.24 bits per heavy atom. The number of halogens is 1. The van der Waals surface area contributed by atoms with E-state index in [1.807, 2.05) is 7.05 Å². The molecule has 0 amide bonds. The van der Waals surface area contributed by atoms with E-state index in [2.05, 4.69) is 60.6 Å². The van der Waals surface area contributed by atoms with Crippen molar-refractivity contribution in [2.24, 2.45) is 5.41 Å². The SMILES string of the molecule is CCCc1nc(CC(C)(C)C)nc(NC)c1I. The minimum Gasteiger partial charge on any atom is -0.372 e. The van der Waals surface area contributed by atoms with Crippen molar-refractivity contribution in [3.05, 3.63) is 15.1 Å². The first-order valence-corrected chi connectivity index (χ1v) is 7.18. The normalized spacial score (nSPS) is 11.6. The van der Waals surface area contributed by atoms with Gasteiger partial charge >= 0.3 is 0 Å². The van der Waals surface area contributed by atoms with E-state index in [-0.39, 0.29) is 5.41 Å². The minimum absolute atomic E-state index is 0.223. The van der Waals surface area contributed by atoms with Gasteiger partial charge in [-0.25, -0.2) is 9.97 Å². The Hall–Kier alpha value is -0.390. The van der Waals surface area contributed by atoms with Gasteiger partial charge in [0.2, 0.25) is 0 Å². The standard InChI is InChI=1S/C13H22IN3/c1-6-7-9-11(14)12(15-5)17-10(16-9)8-13(2,3)4/h6-8H2,1-5H3,(H,15,16,17). The molecule has 0 aromatic carbocycles. The molecule has 3 nitrogen and oxygen atoms in total. The molecule has 1 aromatic rings. The fourth-order valence-corrected chi connectivity index (χ4v) is 2.45. The van der Waals surface area contributed by atoms with Crippen LogP contribution in [0.1, 0.15) is 45.6 Å². The largest absolute Gasteiger partial charge is 0.372 e. The molecule has 1 N–H and O–H groups in total. The van der Waals surface area contributed by atoms with Gasteiger partial charge in [0.25, 0.3) is 0 Å². The Kier molecular flexibility index (Phi) is 5.16. The van der Waals surface area contributed by atoms with E-state index >= 15 is 0 Å². The average molecular weight is 347 g/mol. The summed E-state index contributed by atoms with van der Waals surface area (Å²) in [6.07, 6.45) is 3.05. The maximum Gasteiger partial charge on any atom is 0.143 e. The monoisotopic (exact) mass is 347 g/mol. The van der Waals surface area contributed by atoms with Crippen LogP contribution >= 0.6 is 22.6 Å². The molecule has 0 radical (unpaired) electrons. The summed E-state index contributed by atoms with van der Waals surface area (Å²) in [6, 6.07) is 0. The fraction of sp³-hybridized carbons (Fsp3) is 0.692. The van der Waals surface area contributed by atoms with Gasteiger partial charge < -0.3 is 5.32 Å². The molecule has 0 aliphatic carbocycles. The molecule has 17 heavy (non-hydrogen) atoms. The number of aromatic nitrogens is 2. The Morgan fingerprint density at radius 2 is 1.88 bits per heavy atom. The van der Waals surface area contributed by atoms with Crippen LogP contribution in [0, 0.1) is 8.99 Å². The van der Waals surface area contributed by atoms with Gasteiger partial charge in [-0.15, -0.1) is 0 Å². The van der Waals surface area contributed by atoms with Crippen molar-refractivity contribution in [2.45, 2.75) is 47.0 Å². The summed E-state index contributed by atoms with van der Waals surface area (Å²) in [5.41, 5.74) is 1.40. The summed E-state index contributed by atoms with van der Waals surface area (Å²) in [6.45, 7) is 8.83. The van der Waals surface area contributed by atoms with Gasteiger partial charge in [0.15, 0.2) is 0 Å². The molecule has 96 valence electrons. The lowest BCUT2D eigenvalue weighted by atomic mass is 9.92. The number of aryl methyl sites for hydroxylation is 1. The van der Waals surface area contributed by atoms with Crippen molar-refractivity contribution >= 4 is 28.4 Å². The van der Waals surface area contributed by atoms with E-state index in [4.69, 9.17) is 4.98 Å². The van der Waals surface area contributed by atoms with Crippen molar-refractivity contribution < 1.29 is 0 Å². The van der Waals surface area contributed by atoms with Crippen molar-refractivity contribution in [2.75, 3.05) is 12.4 Å². The zero-order valence-electron chi connectivity index (χ0n) is 11.4. The van der Waals surface area contributed by atoms with Crippen molar-refractivity contribution in [1.82, 2.24) is 9.97 Å². The van der Waals surface area contributed by atoms with E-state index in [1.165, 1.54) is 5.69 Å². The zero-order valence-corrected chi connectivity index (χ0v) is 13.6. The summed E-state index contributed by atoms with van der Waals surface area (Å²) in [7, 11) is 1.92. The third kappa shape index (κ3) is 4.41. The number of rotatable bonds is 4. The van der Waals surface area contributed by atoms with Crippen LogP contribution in [0.4, 0.5) is 5.82 Å². The summed E-state index contributed by atoms with van der Waals surface area (Å²) in [5, 5.41) is 3.16. The van der Waals surface area contributed by atoms with Crippen LogP contribution in [-0.2, 0) is 12.8 Å². The zero-order chi connectivity index (χ0) is 13.1. The molecular weight excluding hydrogens is 325 g/mol. The van der Waals surface area contributed by atoms with Crippen LogP contribution in [0.25, 0.3) is 0 Å². The first kappa shape index (κ1) is 14.7. The predicted octanol–water partition coefficient (Wildman–Crippen LogP) is 3.66. The molecule has 4 heteroatoms. The van der Waals surface area contributed by atoms with Gasteiger partial charge in [0.05, 0.1) is 9.26 Å². The number of hydrogen-bond donors (Lipinski definition) is 1.